The van der Waals surface area contributed by atoms with E-state index in [2.05, 4.69) is 11.4 Å². The first-order valence-corrected chi connectivity index (χ1v) is 17.2. The molecule has 4 atom stereocenters. The molecule has 3 aromatic rings. The van der Waals surface area contributed by atoms with Crippen LogP contribution in [0.15, 0.2) is 36.4 Å². The molecule has 2 bridgehead atoms. The van der Waals surface area contributed by atoms with Crippen LogP contribution in [-0.2, 0) is 15.3 Å². The van der Waals surface area contributed by atoms with Gasteiger partial charge in [-0.2, -0.15) is 0 Å². The summed E-state index contributed by atoms with van der Waals surface area (Å²) in [6.45, 7) is 2.52. The van der Waals surface area contributed by atoms with Gasteiger partial charge in [-0.3, -0.25) is 4.79 Å². The first kappa shape index (κ1) is 30.8. The zero-order valence-electron chi connectivity index (χ0n) is 24.9. The first-order valence-electron chi connectivity index (χ1n) is 14.7. The van der Waals surface area contributed by atoms with Gasteiger partial charge in [0, 0.05) is 65.8 Å². The second-order valence-electron chi connectivity index (χ2n) is 11.2. The number of fused-ring (bicyclic) bond motifs is 5. The molecule has 9 nitrogen and oxygen atoms in total. The number of hydrogen-bond acceptors (Lipinski definition) is 11. The maximum absolute atomic E-state index is 12.0. The van der Waals surface area contributed by atoms with E-state index in [1.54, 1.807) is 46.9 Å². The fourth-order valence-electron chi connectivity index (χ4n) is 6.76. The van der Waals surface area contributed by atoms with Crippen molar-refractivity contribution in [3.05, 3.63) is 64.2 Å². The SMILES string of the molecule is CNCCOc1cc2c(cc1O)CSSC[C@@H]1c3c(ccc4c3O[C@H]2[C@H]4COC(C)=O)-c2c(OC)cc(O)cc2[C@H]1CCO. The van der Waals surface area contributed by atoms with Crippen LogP contribution in [0.4, 0.5) is 0 Å². The zero-order valence-corrected chi connectivity index (χ0v) is 26.6. The summed E-state index contributed by atoms with van der Waals surface area (Å²) >= 11 is 0. The molecule has 0 saturated carbocycles. The average molecular weight is 640 g/mol. The lowest BCUT2D eigenvalue weighted by molar-refractivity contribution is -0.141. The van der Waals surface area contributed by atoms with E-state index in [-0.39, 0.29) is 48.4 Å². The van der Waals surface area contributed by atoms with Gasteiger partial charge in [-0.1, -0.05) is 33.7 Å². The van der Waals surface area contributed by atoms with Gasteiger partial charge in [0.15, 0.2) is 11.5 Å². The number of aliphatic hydroxyl groups is 1. The Hall–Kier alpha value is -3.25. The molecule has 2 aliphatic heterocycles. The van der Waals surface area contributed by atoms with Gasteiger partial charge in [0.05, 0.1) is 13.0 Å². The van der Waals surface area contributed by atoms with Crippen molar-refractivity contribution in [1.29, 1.82) is 0 Å². The summed E-state index contributed by atoms with van der Waals surface area (Å²) in [6, 6.07) is 11.1. The maximum Gasteiger partial charge on any atom is 0.302 e. The van der Waals surface area contributed by atoms with Crippen molar-refractivity contribution >= 4 is 27.6 Å². The Morgan fingerprint density at radius 3 is 2.66 bits per heavy atom. The highest BCUT2D eigenvalue weighted by Crippen LogP contribution is 2.61. The molecule has 4 N–H and O–H groups in total. The molecular formula is C33H37NO8S2. The van der Waals surface area contributed by atoms with Crippen LogP contribution in [0.2, 0.25) is 0 Å². The number of aliphatic hydroxyl groups excluding tert-OH is 1. The summed E-state index contributed by atoms with van der Waals surface area (Å²) in [5, 5.41) is 34.8. The van der Waals surface area contributed by atoms with Crippen molar-refractivity contribution in [1.82, 2.24) is 5.32 Å². The topological polar surface area (TPSA) is 127 Å². The van der Waals surface area contributed by atoms with E-state index < -0.39 is 6.10 Å². The summed E-state index contributed by atoms with van der Waals surface area (Å²) in [5.74, 6) is 2.40. The minimum atomic E-state index is -0.498. The quantitative estimate of drug-likeness (QED) is 0.133. The fraction of sp³-hybridized carbons (Fsp3) is 0.424. The number of nitrogens with one attached hydrogen (secondary N) is 1. The van der Waals surface area contributed by atoms with Gasteiger partial charge < -0.3 is 39.6 Å². The Morgan fingerprint density at radius 2 is 1.91 bits per heavy atom. The van der Waals surface area contributed by atoms with E-state index in [1.165, 1.54) is 6.92 Å². The zero-order chi connectivity index (χ0) is 31.0. The van der Waals surface area contributed by atoms with Crippen molar-refractivity contribution in [2.24, 2.45) is 0 Å². The number of ether oxygens (including phenoxy) is 4. The third kappa shape index (κ3) is 5.55. The number of carbonyl (C=O) groups excluding carboxylic acids is 1. The Bertz CT molecular complexity index is 1560. The van der Waals surface area contributed by atoms with Crippen LogP contribution < -0.4 is 19.5 Å². The maximum atomic E-state index is 12.0. The van der Waals surface area contributed by atoms with Gasteiger partial charge in [-0.25, -0.2) is 0 Å². The largest absolute Gasteiger partial charge is 0.508 e. The first-order chi connectivity index (χ1) is 21.4. The smallest absolute Gasteiger partial charge is 0.302 e. The molecule has 0 radical (unpaired) electrons. The van der Waals surface area contributed by atoms with Crippen molar-refractivity contribution in [2.45, 2.75) is 43.0 Å². The number of hydrogen-bond donors (Lipinski definition) is 4. The highest BCUT2D eigenvalue weighted by molar-refractivity contribution is 8.76. The number of phenolic OH excluding ortho intramolecular Hbond substituents is 2. The van der Waals surface area contributed by atoms with Crippen LogP contribution in [0.5, 0.6) is 28.7 Å². The number of likely N-dealkylation sites (N-methyl/N-ethyl adjacent to an activating group) is 1. The van der Waals surface area contributed by atoms with Gasteiger partial charge in [-0.15, -0.1) is 0 Å². The number of aromatic hydroxyl groups is 2. The predicted molar refractivity (Wildman–Crippen MR) is 171 cm³/mol. The molecule has 0 fully saturated rings. The van der Waals surface area contributed by atoms with Crippen molar-refractivity contribution in [3.8, 4) is 39.9 Å². The summed E-state index contributed by atoms with van der Waals surface area (Å²) in [5.41, 5.74) is 6.57. The van der Waals surface area contributed by atoms with Crippen LogP contribution in [0.3, 0.4) is 0 Å². The molecule has 0 amide bonds. The van der Waals surface area contributed by atoms with Crippen molar-refractivity contribution in [2.75, 3.05) is 46.3 Å². The molecule has 3 aromatic carbocycles. The monoisotopic (exact) mass is 639 g/mol. The van der Waals surface area contributed by atoms with Gasteiger partial charge >= 0.3 is 5.97 Å². The van der Waals surface area contributed by atoms with Gasteiger partial charge in [-0.05, 0) is 54.3 Å². The number of methoxy groups -OCH3 is 1. The van der Waals surface area contributed by atoms with E-state index in [0.29, 0.717) is 36.8 Å². The minimum Gasteiger partial charge on any atom is -0.508 e. The normalized spacial score (nSPS) is 21.4. The third-order valence-electron chi connectivity index (χ3n) is 8.69. The second kappa shape index (κ2) is 13.0. The van der Waals surface area contributed by atoms with Gasteiger partial charge in [0.1, 0.15) is 36.6 Å². The van der Waals surface area contributed by atoms with E-state index in [4.69, 9.17) is 18.9 Å². The average Bonchev–Trinajstić information content (AvgIpc) is 3.36. The Labute approximate surface area is 264 Å². The molecule has 2 heterocycles. The fourth-order valence-corrected chi connectivity index (χ4v) is 9.22. The highest BCUT2D eigenvalue weighted by atomic mass is 33.1. The van der Waals surface area contributed by atoms with Crippen molar-refractivity contribution in [3.63, 3.8) is 0 Å². The molecule has 1 aliphatic carbocycles. The Balaban J connectivity index is 1.56. The minimum absolute atomic E-state index is 0.0135. The van der Waals surface area contributed by atoms with Crippen LogP contribution in [0, 0.1) is 0 Å². The lowest BCUT2D eigenvalue weighted by Gasteiger charge is -2.37. The number of benzene rings is 3. The molecule has 0 aromatic heterocycles. The van der Waals surface area contributed by atoms with Gasteiger partial charge in [0.2, 0.25) is 0 Å². The molecule has 11 heteroatoms. The van der Waals surface area contributed by atoms with E-state index in [1.807, 2.05) is 19.2 Å². The lowest BCUT2D eigenvalue weighted by atomic mass is 9.69. The number of rotatable bonds is 9. The molecular weight excluding hydrogens is 602 g/mol. The third-order valence-corrected chi connectivity index (χ3v) is 11.0. The van der Waals surface area contributed by atoms with Crippen LogP contribution in [0.1, 0.15) is 65.0 Å². The lowest BCUT2D eigenvalue weighted by Crippen LogP contribution is -2.22. The number of phenols is 2. The molecule has 0 unspecified atom stereocenters. The van der Waals surface area contributed by atoms with Crippen LogP contribution in [0.25, 0.3) is 11.1 Å². The highest BCUT2D eigenvalue weighted by Gasteiger charge is 2.45. The Morgan fingerprint density at radius 1 is 1.07 bits per heavy atom. The van der Waals surface area contributed by atoms with Crippen LogP contribution in [-0.4, -0.2) is 67.6 Å². The summed E-state index contributed by atoms with van der Waals surface area (Å²) in [6.07, 6.45) is 0.00204. The summed E-state index contributed by atoms with van der Waals surface area (Å²) in [4.78, 5) is 12.0. The van der Waals surface area contributed by atoms with Crippen LogP contribution >= 0.6 is 21.6 Å². The summed E-state index contributed by atoms with van der Waals surface area (Å²) in [7, 11) is 6.87. The van der Waals surface area contributed by atoms with E-state index >= 15 is 0 Å². The second-order valence-corrected chi connectivity index (χ2v) is 13.8. The van der Waals surface area contributed by atoms with E-state index in [9.17, 15) is 20.1 Å². The molecule has 6 rings (SSSR count). The number of carbonyl (C=O) groups is 1. The molecule has 234 valence electrons. The molecule has 0 spiro atoms. The predicted octanol–water partition coefficient (Wildman–Crippen LogP) is 5.61. The molecule has 44 heavy (non-hydrogen) atoms. The summed E-state index contributed by atoms with van der Waals surface area (Å²) < 4.78 is 24.3. The van der Waals surface area contributed by atoms with Crippen molar-refractivity contribution < 1.29 is 39.1 Å². The molecule has 0 saturated heterocycles. The molecule has 3 aliphatic rings. The number of esters is 1. The van der Waals surface area contributed by atoms with Gasteiger partial charge in [0.25, 0.3) is 0 Å². The Kier molecular flexibility index (Phi) is 9.09. The standard InChI is InChI=1S/C33H37NO8S2/c1-17(36)41-14-25-21-4-5-22-30-24(11-19(37)12-29(30)39-3)20(6-8-35)26-16-44-43-15-18-10-27(38)28(40-9-7-34-2)13-23(18)32(25)42-33(21)31(22)26/h4-5,10-13,20,25-26,32,34-35,37-38H,6-9,14-16H2,1-3H3/t20-,25+,26+,32-/m1/s1. The van der Waals surface area contributed by atoms with E-state index in [0.717, 1.165) is 50.4 Å².